The van der Waals surface area contributed by atoms with Crippen LogP contribution in [0.15, 0.2) is 28.7 Å². The number of aromatic nitrogens is 2. The fraction of sp³-hybridized carbons (Fsp3) is 0.400. The van der Waals surface area contributed by atoms with Crippen molar-refractivity contribution < 1.29 is 13.2 Å². The van der Waals surface area contributed by atoms with Gasteiger partial charge in [-0.2, -0.15) is 0 Å². The van der Waals surface area contributed by atoms with E-state index < -0.39 is 10.0 Å². The Morgan fingerprint density at radius 1 is 1.24 bits per heavy atom. The third kappa shape index (κ3) is 3.51. The minimum absolute atomic E-state index is 0.0290. The molecule has 25 heavy (non-hydrogen) atoms. The molecule has 0 unspecified atom stereocenters. The van der Waals surface area contributed by atoms with Gasteiger partial charge >= 0.3 is 0 Å². The monoisotopic (exact) mass is 379 g/mol. The van der Waals surface area contributed by atoms with Crippen molar-refractivity contribution in [3.63, 3.8) is 0 Å². The number of pyridine rings is 1. The largest absolute Gasteiger partial charge is 0.309 e. The van der Waals surface area contributed by atoms with Gasteiger partial charge in [0, 0.05) is 19.0 Å². The summed E-state index contributed by atoms with van der Waals surface area (Å²) >= 11 is 1.21. The quantitative estimate of drug-likeness (QED) is 0.808. The van der Waals surface area contributed by atoms with E-state index in [2.05, 4.69) is 20.0 Å². The number of piperazine rings is 1. The molecule has 3 heterocycles. The first-order valence-corrected chi connectivity index (χ1v) is 10.3. The molecule has 2 aliphatic rings. The first-order chi connectivity index (χ1) is 12.0. The van der Waals surface area contributed by atoms with Crippen molar-refractivity contribution in [3.8, 4) is 0 Å². The van der Waals surface area contributed by atoms with E-state index in [0.29, 0.717) is 24.7 Å². The van der Waals surface area contributed by atoms with E-state index in [0.717, 1.165) is 24.4 Å². The Bertz CT molecular complexity index is 890. The summed E-state index contributed by atoms with van der Waals surface area (Å²) in [7, 11) is -3.69. The van der Waals surface area contributed by atoms with Crippen LogP contribution in [0.5, 0.6) is 0 Å². The van der Waals surface area contributed by atoms with Crippen LogP contribution in [0.2, 0.25) is 0 Å². The van der Waals surface area contributed by atoms with Gasteiger partial charge in [0.25, 0.3) is 10.0 Å². The predicted octanol–water partition coefficient (Wildman–Crippen LogP) is 1.15. The highest BCUT2D eigenvalue weighted by Crippen LogP contribution is 2.42. The van der Waals surface area contributed by atoms with Gasteiger partial charge in [-0.1, -0.05) is 0 Å². The molecular weight excluding hydrogens is 362 g/mol. The SMILES string of the molecule is O=C1CNCCN1c1ccc(NS(=O)(=O)c2cnc(C3CC3)s2)nc1. The number of rotatable bonds is 5. The van der Waals surface area contributed by atoms with E-state index in [-0.39, 0.29) is 15.9 Å². The maximum absolute atomic E-state index is 12.4. The summed E-state index contributed by atoms with van der Waals surface area (Å²) in [5.74, 6) is 0.606. The Hall–Kier alpha value is -2.04. The second kappa shape index (κ2) is 6.36. The maximum Gasteiger partial charge on any atom is 0.274 e. The fourth-order valence-electron chi connectivity index (χ4n) is 2.59. The molecule has 132 valence electrons. The minimum atomic E-state index is -3.69. The molecule has 2 N–H and O–H groups in total. The summed E-state index contributed by atoms with van der Waals surface area (Å²) in [4.78, 5) is 21.8. The Kier molecular flexibility index (Phi) is 4.18. The number of nitrogens with zero attached hydrogens (tertiary/aromatic N) is 3. The van der Waals surface area contributed by atoms with Crippen LogP contribution in [-0.4, -0.2) is 43.9 Å². The van der Waals surface area contributed by atoms with Gasteiger partial charge in [0.1, 0.15) is 5.82 Å². The van der Waals surface area contributed by atoms with Crippen LogP contribution >= 0.6 is 11.3 Å². The summed E-state index contributed by atoms with van der Waals surface area (Å²) in [5.41, 5.74) is 0.656. The smallest absolute Gasteiger partial charge is 0.274 e. The van der Waals surface area contributed by atoms with Gasteiger partial charge < -0.3 is 10.2 Å². The standard InChI is InChI=1S/C15H17N5O3S2/c21-13-8-16-5-6-20(13)11-3-4-12(17-7-11)19-25(22,23)14-9-18-15(24-14)10-1-2-10/h3-4,7,9-10,16H,1-2,5-6,8H2,(H,17,19). The highest BCUT2D eigenvalue weighted by Gasteiger charge is 2.29. The third-order valence-corrected chi connectivity index (χ3v) is 7.06. The van der Waals surface area contributed by atoms with Crippen molar-refractivity contribution in [1.29, 1.82) is 0 Å². The maximum atomic E-state index is 12.4. The molecular formula is C15H17N5O3S2. The summed E-state index contributed by atoms with van der Waals surface area (Å²) in [6.45, 7) is 1.58. The topological polar surface area (TPSA) is 104 Å². The van der Waals surface area contributed by atoms with Crippen LogP contribution in [0.25, 0.3) is 0 Å². The molecule has 0 spiro atoms. The molecule has 8 nitrogen and oxygen atoms in total. The molecule has 1 saturated carbocycles. The number of nitrogens with one attached hydrogen (secondary N) is 2. The number of hydrogen-bond acceptors (Lipinski definition) is 7. The van der Waals surface area contributed by atoms with E-state index in [1.165, 1.54) is 23.7 Å². The minimum Gasteiger partial charge on any atom is -0.309 e. The first-order valence-electron chi connectivity index (χ1n) is 7.98. The average molecular weight is 379 g/mol. The van der Waals surface area contributed by atoms with E-state index in [9.17, 15) is 13.2 Å². The lowest BCUT2D eigenvalue weighted by molar-refractivity contribution is -0.118. The summed E-state index contributed by atoms with van der Waals surface area (Å²) < 4.78 is 27.5. The van der Waals surface area contributed by atoms with Gasteiger partial charge in [-0.05, 0) is 25.0 Å². The van der Waals surface area contributed by atoms with Gasteiger partial charge in [0.05, 0.1) is 29.6 Å². The van der Waals surface area contributed by atoms with Crippen LogP contribution in [-0.2, 0) is 14.8 Å². The van der Waals surface area contributed by atoms with Crippen molar-refractivity contribution in [2.75, 3.05) is 29.3 Å². The van der Waals surface area contributed by atoms with E-state index in [1.807, 2.05) is 0 Å². The molecule has 1 aliphatic carbocycles. The zero-order valence-corrected chi connectivity index (χ0v) is 14.9. The number of sulfonamides is 1. The van der Waals surface area contributed by atoms with Crippen molar-refractivity contribution in [1.82, 2.24) is 15.3 Å². The lowest BCUT2D eigenvalue weighted by atomic mass is 10.3. The third-order valence-electron chi connectivity index (χ3n) is 4.08. The zero-order chi connectivity index (χ0) is 17.4. The zero-order valence-electron chi connectivity index (χ0n) is 13.3. The second-order valence-electron chi connectivity index (χ2n) is 6.02. The van der Waals surface area contributed by atoms with Gasteiger partial charge in [-0.3, -0.25) is 9.52 Å². The summed E-state index contributed by atoms with van der Waals surface area (Å²) in [6, 6.07) is 3.25. The molecule has 0 radical (unpaired) electrons. The molecule has 2 fully saturated rings. The molecule has 2 aromatic rings. The normalized spacial score (nSPS) is 18.4. The van der Waals surface area contributed by atoms with Crippen LogP contribution in [0, 0.1) is 0 Å². The summed E-state index contributed by atoms with van der Waals surface area (Å²) in [6.07, 6.45) is 5.06. The van der Waals surface area contributed by atoms with Crippen LogP contribution < -0.4 is 14.9 Å². The van der Waals surface area contributed by atoms with Crippen molar-refractivity contribution in [2.45, 2.75) is 23.0 Å². The Labute approximate surface area is 149 Å². The lowest BCUT2D eigenvalue weighted by Gasteiger charge is -2.27. The van der Waals surface area contributed by atoms with E-state index >= 15 is 0 Å². The number of carbonyl (C=O) groups excluding carboxylic acids is 1. The van der Waals surface area contributed by atoms with Gasteiger partial charge in [0.2, 0.25) is 5.91 Å². The van der Waals surface area contributed by atoms with Crippen molar-refractivity contribution >= 4 is 38.8 Å². The van der Waals surface area contributed by atoms with Crippen LogP contribution in [0.3, 0.4) is 0 Å². The predicted molar refractivity (Wildman–Crippen MR) is 94.4 cm³/mol. The molecule has 10 heteroatoms. The van der Waals surface area contributed by atoms with Gasteiger partial charge in [-0.25, -0.2) is 18.4 Å². The van der Waals surface area contributed by atoms with Crippen LogP contribution in [0.4, 0.5) is 11.5 Å². The first kappa shape index (κ1) is 16.4. The molecule has 2 aromatic heterocycles. The highest BCUT2D eigenvalue weighted by atomic mass is 32.2. The molecule has 0 atom stereocenters. The number of carbonyl (C=O) groups is 1. The fourth-order valence-corrected chi connectivity index (χ4v) is 4.92. The van der Waals surface area contributed by atoms with Crippen molar-refractivity contribution in [2.24, 2.45) is 0 Å². The highest BCUT2D eigenvalue weighted by molar-refractivity contribution is 7.94. The molecule has 1 saturated heterocycles. The molecule has 0 aromatic carbocycles. The lowest BCUT2D eigenvalue weighted by Crippen LogP contribution is -2.48. The molecule has 0 bridgehead atoms. The number of thiazole rings is 1. The Morgan fingerprint density at radius 2 is 2.08 bits per heavy atom. The second-order valence-corrected chi connectivity index (χ2v) is 8.99. The average Bonchev–Trinajstić information content (AvgIpc) is 3.32. The van der Waals surface area contributed by atoms with E-state index in [1.54, 1.807) is 17.0 Å². The van der Waals surface area contributed by atoms with Crippen molar-refractivity contribution in [3.05, 3.63) is 29.5 Å². The molecule has 1 amide bonds. The molecule has 1 aliphatic heterocycles. The van der Waals surface area contributed by atoms with Gasteiger partial charge in [0.15, 0.2) is 4.21 Å². The number of anilines is 2. The van der Waals surface area contributed by atoms with E-state index in [4.69, 9.17) is 0 Å². The Morgan fingerprint density at radius 3 is 2.76 bits per heavy atom. The summed E-state index contributed by atoms with van der Waals surface area (Å²) in [5, 5.41) is 3.88. The van der Waals surface area contributed by atoms with Gasteiger partial charge in [-0.15, -0.1) is 11.3 Å². The number of hydrogen-bond donors (Lipinski definition) is 2. The van der Waals surface area contributed by atoms with Crippen LogP contribution in [0.1, 0.15) is 23.8 Å². The number of amides is 1. The molecule has 4 rings (SSSR count). The Balaban J connectivity index is 1.48.